The van der Waals surface area contributed by atoms with E-state index in [1.807, 2.05) is 6.66 Å². The Kier molecular flexibility index (Phi) is 4.70. The predicted molar refractivity (Wildman–Crippen MR) is 40.7 cm³/mol. The van der Waals surface area contributed by atoms with Gasteiger partial charge in [0.25, 0.3) is 0 Å². The summed E-state index contributed by atoms with van der Waals surface area (Å²) in [5.41, 5.74) is 0. The van der Waals surface area contributed by atoms with Crippen molar-refractivity contribution in [2.45, 2.75) is 13.3 Å². The van der Waals surface area contributed by atoms with Gasteiger partial charge in [-0.05, 0) is 0 Å². The number of hydrogen-bond acceptors (Lipinski definition) is 1. The standard InChI is InChI=1S/C4H10ClOPSe/c1-3-4-6-7(2,5)8/h3-4H2,1-2H3. The summed E-state index contributed by atoms with van der Waals surface area (Å²) < 4.78 is 5.20. The third-order valence-electron chi connectivity index (χ3n) is 0.526. The molecule has 1 atom stereocenters. The summed E-state index contributed by atoms with van der Waals surface area (Å²) >= 11 is 8.55. The van der Waals surface area contributed by atoms with Crippen LogP contribution in [0.4, 0.5) is 0 Å². The van der Waals surface area contributed by atoms with Crippen molar-refractivity contribution in [2.75, 3.05) is 13.3 Å². The van der Waals surface area contributed by atoms with E-state index >= 15 is 0 Å². The first-order valence-corrected chi connectivity index (χ1v) is 7.75. The molecule has 0 N–H and O–H groups in total. The zero-order chi connectivity index (χ0) is 6.62. The van der Waals surface area contributed by atoms with Crippen molar-refractivity contribution in [2.24, 2.45) is 0 Å². The fourth-order valence-corrected chi connectivity index (χ4v) is 1.44. The molecule has 0 aliphatic rings. The maximum absolute atomic E-state index is 5.75. The number of hydrogen-bond donors (Lipinski definition) is 0. The van der Waals surface area contributed by atoms with Gasteiger partial charge in [-0.25, -0.2) is 0 Å². The second kappa shape index (κ2) is 4.09. The molecule has 0 bridgehead atoms. The van der Waals surface area contributed by atoms with Gasteiger partial charge in [-0.1, -0.05) is 0 Å². The molecule has 1 nitrogen and oxygen atoms in total. The van der Waals surface area contributed by atoms with E-state index in [9.17, 15) is 0 Å². The van der Waals surface area contributed by atoms with Gasteiger partial charge in [0.05, 0.1) is 0 Å². The Morgan fingerprint density at radius 1 is 1.75 bits per heavy atom. The molecule has 8 heavy (non-hydrogen) atoms. The topological polar surface area (TPSA) is 9.23 Å². The van der Waals surface area contributed by atoms with Gasteiger partial charge in [0.1, 0.15) is 0 Å². The van der Waals surface area contributed by atoms with Crippen LogP contribution in [0.2, 0.25) is 0 Å². The molecule has 0 saturated carbocycles. The summed E-state index contributed by atoms with van der Waals surface area (Å²) in [5, 5.41) is -1.59. The predicted octanol–water partition coefficient (Wildman–Crippen LogP) is 2.21. The van der Waals surface area contributed by atoms with Crippen molar-refractivity contribution in [1.82, 2.24) is 0 Å². The van der Waals surface area contributed by atoms with E-state index < -0.39 is 5.09 Å². The maximum atomic E-state index is 5.75. The van der Waals surface area contributed by atoms with Crippen LogP contribution in [0, 0.1) is 0 Å². The molecule has 0 aliphatic carbocycles. The Morgan fingerprint density at radius 2 is 2.25 bits per heavy atom. The van der Waals surface area contributed by atoms with Crippen LogP contribution in [0.25, 0.3) is 0 Å². The second-order valence-corrected chi connectivity index (χ2v) is 11.0. The van der Waals surface area contributed by atoms with Crippen molar-refractivity contribution in [3.05, 3.63) is 0 Å². The Labute approximate surface area is 62.8 Å². The minimum absolute atomic E-state index is 0.765. The van der Waals surface area contributed by atoms with Crippen LogP contribution in [-0.4, -0.2) is 28.4 Å². The number of halogens is 1. The van der Waals surface area contributed by atoms with Crippen LogP contribution in [0.15, 0.2) is 0 Å². The van der Waals surface area contributed by atoms with Crippen LogP contribution in [0.1, 0.15) is 13.3 Å². The Bertz CT molecular complexity index is 100. The van der Waals surface area contributed by atoms with E-state index in [2.05, 4.69) is 22.0 Å². The summed E-state index contributed by atoms with van der Waals surface area (Å²) in [6.45, 7) is 4.72. The summed E-state index contributed by atoms with van der Waals surface area (Å²) in [5.74, 6) is 0. The molecule has 4 heteroatoms. The average molecular weight is 220 g/mol. The minimum atomic E-state index is -1.59. The SMILES string of the molecule is CCCOP(C)(Cl)=[Se]. The Balaban J connectivity index is 3.26. The van der Waals surface area contributed by atoms with Gasteiger partial charge in [0.15, 0.2) is 0 Å². The van der Waals surface area contributed by atoms with E-state index in [0.717, 1.165) is 13.0 Å². The van der Waals surface area contributed by atoms with Crippen LogP contribution in [0.5, 0.6) is 0 Å². The molecular formula is C4H10ClOPSe. The summed E-state index contributed by atoms with van der Waals surface area (Å²) in [6.07, 6.45) is 1.03. The van der Waals surface area contributed by atoms with E-state index in [1.54, 1.807) is 0 Å². The van der Waals surface area contributed by atoms with Gasteiger partial charge in [-0.2, -0.15) is 0 Å². The Morgan fingerprint density at radius 3 is 2.38 bits per heavy atom. The van der Waals surface area contributed by atoms with E-state index in [4.69, 9.17) is 15.8 Å². The normalized spacial score (nSPS) is 17.9. The molecule has 0 heterocycles. The van der Waals surface area contributed by atoms with Crippen molar-refractivity contribution in [1.29, 1.82) is 0 Å². The van der Waals surface area contributed by atoms with Crippen LogP contribution >= 0.6 is 16.3 Å². The first-order chi connectivity index (χ1) is 3.56. The summed E-state index contributed by atoms with van der Waals surface area (Å²) in [7, 11) is 0. The van der Waals surface area contributed by atoms with Gasteiger partial charge in [0.2, 0.25) is 0 Å². The monoisotopic (exact) mass is 220 g/mol. The van der Waals surface area contributed by atoms with Gasteiger partial charge in [-0.3, -0.25) is 0 Å². The summed E-state index contributed by atoms with van der Waals surface area (Å²) in [4.78, 5) is 0. The summed E-state index contributed by atoms with van der Waals surface area (Å²) in [6, 6.07) is 0. The van der Waals surface area contributed by atoms with E-state index in [0.29, 0.717) is 0 Å². The van der Waals surface area contributed by atoms with Crippen LogP contribution in [0.3, 0.4) is 0 Å². The third-order valence-corrected chi connectivity index (χ3v) is 2.13. The molecule has 0 aliphatic heterocycles. The van der Waals surface area contributed by atoms with Crippen molar-refractivity contribution >= 4 is 31.4 Å². The van der Waals surface area contributed by atoms with Crippen molar-refractivity contribution < 1.29 is 4.52 Å². The molecule has 0 radical (unpaired) electrons. The number of rotatable bonds is 3. The van der Waals surface area contributed by atoms with Crippen molar-refractivity contribution in [3.8, 4) is 0 Å². The first kappa shape index (κ1) is 9.20. The molecule has 0 aromatic heterocycles. The molecule has 1 unspecified atom stereocenters. The zero-order valence-electron chi connectivity index (χ0n) is 5.06. The molecule has 0 rings (SSSR count). The Hall–Kier alpha value is 1.20. The molecule has 0 aromatic carbocycles. The van der Waals surface area contributed by atoms with E-state index in [1.165, 1.54) is 0 Å². The van der Waals surface area contributed by atoms with E-state index in [-0.39, 0.29) is 0 Å². The van der Waals surface area contributed by atoms with Gasteiger partial charge in [-0.15, -0.1) is 0 Å². The third kappa shape index (κ3) is 7.20. The molecular weight excluding hydrogens is 209 g/mol. The zero-order valence-corrected chi connectivity index (χ0v) is 8.42. The molecule has 50 valence electrons. The fourth-order valence-electron chi connectivity index (χ4n) is 0.254. The van der Waals surface area contributed by atoms with Gasteiger partial charge in [0, 0.05) is 0 Å². The molecule has 0 fully saturated rings. The second-order valence-electron chi connectivity index (χ2n) is 1.58. The quantitative estimate of drug-likeness (QED) is 0.522. The van der Waals surface area contributed by atoms with Crippen LogP contribution in [-0.2, 0) is 4.52 Å². The first-order valence-electron chi connectivity index (χ1n) is 2.48. The fraction of sp³-hybridized carbons (Fsp3) is 1.00. The molecule has 0 aromatic rings. The average Bonchev–Trinajstić information content (AvgIpc) is 1.59. The molecule has 0 saturated heterocycles. The van der Waals surface area contributed by atoms with Crippen LogP contribution < -0.4 is 0 Å². The van der Waals surface area contributed by atoms with Gasteiger partial charge < -0.3 is 0 Å². The van der Waals surface area contributed by atoms with Crippen molar-refractivity contribution in [3.63, 3.8) is 0 Å². The van der Waals surface area contributed by atoms with Gasteiger partial charge >= 0.3 is 62.6 Å². The molecule has 0 spiro atoms. The molecule has 0 amide bonds.